The molecule has 0 aromatic heterocycles. The maximum atomic E-state index is 12.3. The third-order valence-electron chi connectivity index (χ3n) is 3.35. The Morgan fingerprint density at radius 1 is 1.05 bits per heavy atom. The zero-order valence-electron chi connectivity index (χ0n) is 12.9. The van der Waals surface area contributed by atoms with Gasteiger partial charge in [-0.05, 0) is 42.3 Å². The van der Waals surface area contributed by atoms with Crippen LogP contribution in [0.1, 0.15) is 18.1 Å². The van der Waals surface area contributed by atoms with Crippen LogP contribution in [0.5, 0.6) is 5.75 Å². The minimum Gasteiger partial charge on any atom is -0.494 e. The first-order chi connectivity index (χ1) is 10.6. The van der Waals surface area contributed by atoms with E-state index in [1.54, 1.807) is 4.90 Å². The van der Waals surface area contributed by atoms with Gasteiger partial charge in [-0.25, -0.2) is 0 Å². The highest BCUT2D eigenvalue weighted by Crippen LogP contribution is 2.14. The number of carbonyl (C=O) groups is 1. The van der Waals surface area contributed by atoms with E-state index in [1.165, 1.54) is 0 Å². The van der Waals surface area contributed by atoms with Crippen molar-refractivity contribution in [2.45, 2.75) is 19.9 Å². The largest absolute Gasteiger partial charge is 0.494 e. The Morgan fingerprint density at radius 3 is 2.23 bits per heavy atom. The van der Waals surface area contributed by atoms with Gasteiger partial charge in [0.15, 0.2) is 0 Å². The Hall–Kier alpha value is -1.81. The third kappa shape index (κ3) is 4.88. The molecule has 0 aliphatic carbocycles. The number of hydrogen-bond donors (Lipinski definition) is 0. The van der Waals surface area contributed by atoms with Crippen LogP contribution in [-0.2, 0) is 17.8 Å². The van der Waals surface area contributed by atoms with Crippen molar-refractivity contribution < 1.29 is 9.53 Å². The summed E-state index contributed by atoms with van der Waals surface area (Å²) < 4.78 is 6.44. The van der Waals surface area contributed by atoms with Crippen LogP contribution < -0.4 is 4.74 Å². The third-order valence-corrected chi connectivity index (χ3v) is 3.88. The molecule has 4 heteroatoms. The highest BCUT2D eigenvalue weighted by molar-refractivity contribution is 9.10. The fraction of sp³-hybridized carbons (Fsp3) is 0.278. The lowest BCUT2D eigenvalue weighted by atomic mass is 10.1. The molecule has 0 aliphatic heterocycles. The van der Waals surface area contributed by atoms with Gasteiger partial charge in [0, 0.05) is 18.1 Å². The molecule has 0 aliphatic rings. The van der Waals surface area contributed by atoms with Gasteiger partial charge in [-0.15, -0.1) is 0 Å². The molecule has 2 aromatic rings. The number of amides is 1. The standard InChI is InChI=1S/C18H20BrNO2/c1-3-22-17-10-6-14(7-11-17)12-18(21)20(2)13-15-4-8-16(19)9-5-15/h4-11H,3,12-13H2,1-2H3. The molecule has 0 N–H and O–H groups in total. The van der Waals surface area contributed by atoms with Crippen LogP contribution in [0.3, 0.4) is 0 Å². The summed E-state index contributed by atoms with van der Waals surface area (Å²) in [4.78, 5) is 14.0. The Labute approximate surface area is 140 Å². The SMILES string of the molecule is CCOc1ccc(CC(=O)N(C)Cc2ccc(Br)cc2)cc1. The van der Waals surface area contributed by atoms with E-state index in [4.69, 9.17) is 4.74 Å². The summed E-state index contributed by atoms with van der Waals surface area (Å²) in [7, 11) is 1.83. The lowest BCUT2D eigenvalue weighted by molar-refractivity contribution is -0.129. The highest BCUT2D eigenvalue weighted by Gasteiger charge is 2.10. The Kier molecular flexibility index (Phi) is 6.01. The number of carbonyl (C=O) groups excluding carboxylic acids is 1. The lowest BCUT2D eigenvalue weighted by Crippen LogP contribution is -2.27. The van der Waals surface area contributed by atoms with Gasteiger partial charge in [-0.3, -0.25) is 4.79 Å². The van der Waals surface area contributed by atoms with Crippen molar-refractivity contribution in [2.24, 2.45) is 0 Å². The molecule has 0 spiro atoms. The molecule has 2 aromatic carbocycles. The van der Waals surface area contributed by atoms with E-state index in [2.05, 4.69) is 15.9 Å². The Balaban J connectivity index is 1.91. The second kappa shape index (κ2) is 7.99. The van der Waals surface area contributed by atoms with Crippen molar-refractivity contribution in [3.05, 3.63) is 64.1 Å². The van der Waals surface area contributed by atoms with E-state index < -0.39 is 0 Å². The molecule has 0 atom stereocenters. The number of rotatable bonds is 6. The predicted molar refractivity (Wildman–Crippen MR) is 91.9 cm³/mol. The van der Waals surface area contributed by atoms with Crippen LogP contribution in [0.25, 0.3) is 0 Å². The van der Waals surface area contributed by atoms with Crippen LogP contribution in [0.15, 0.2) is 53.0 Å². The molecule has 1 amide bonds. The molecular weight excluding hydrogens is 342 g/mol. The molecule has 0 saturated carbocycles. The molecule has 116 valence electrons. The molecule has 2 rings (SSSR count). The summed E-state index contributed by atoms with van der Waals surface area (Å²) in [5.74, 6) is 0.939. The Morgan fingerprint density at radius 2 is 1.64 bits per heavy atom. The first-order valence-corrected chi connectivity index (χ1v) is 8.08. The maximum absolute atomic E-state index is 12.3. The summed E-state index contributed by atoms with van der Waals surface area (Å²) in [6.45, 7) is 3.21. The normalized spacial score (nSPS) is 10.3. The summed E-state index contributed by atoms with van der Waals surface area (Å²) >= 11 is 3.41. The van der Waals surface area contributed by atoms with Crippen LogP contribution in [0, 0.1) is 0 Å². The first-order valence-electron chi connectivity index (χ1n) is 7.28. The minimum absolute atomic E-state index is 0.104. The van der Waals surface area contributed by atoms with Crippen molar-refractivity contribution >= 4 is 21.8 Å². The lowest BCUT2D eigenvalue weighted by Gasteiger charge is -2.17. The van der Waals surface area contributed by atoms with Gasteiger partial charge in [0.05, 0.1) is 13.0 Å². The van der Waals surface area contributed by atoms with Crippen LogP contribution in [0.4, 0.5) is 0 Å². The number of halogens is 1. The summed E-state index contributed by atoms with van der Waals surface area (Å²) in [6, 6.07) is 15.7. The van der Waals surface area contributed by atoms with Crippen LogP contribution in [-0.4, -0.2) is 24.5 Å². The first kappa shape index (κ1) is 16.6. The van der Waals surface area contributed by atoms with Gasteiger partial charge in [0.25, 0.3) is 0 Å². The predicted octanol–water partition coefficient (Wildman–Crippen LogP) is 4.05. The molecule has 0 radical (unpaired) electrons. The van der Waals surface area contributed by atoms with E-state index in [9.17, 15) is 4.79 Å². The number of hydrogen-bond acceptors (Lipinski definition) is 2. The van der Waals surface area contributed by atoms with E-state index in [0.29, 0.717) is 19.6 Å². The highest BCUT2D eigenvalue weighted by atomic mass is 79.9. The summed E-state index contributed by atoms with van der Waals surface area (Å²) in [6.07, 6.45) is 0.402. The van der Waals surface area contributed by atoms with Gasteiger partial charge in [-0.1, -0.05) is 40.2 Å². The van der Waals surface area contributed by atoms with E-state index >= 15 is 0 Å². The molecule has 0 heterocycles. The van der Waals surface area contributed by atoms with Crippen molar-refractivity contribution in [1.29, 1.82) is 0 Å². The summed E-state index contributed by atoms with van der Waals surface area (Å²) in [5, 5.41) is 0. The van der Waals surface area contributed by atoms with Gasteiger partial charge in [-0.2, -0.15) is 0 Å². The second-order valence-electron chi connectivity index (χ2n) is 5.13. The average molecular weight is 362 g/mol. The second-order valence-corrected chi connectivity index (χ2v) is 6.05. The minimum atomic E-state index is 0.104. The van der Waals surface area contributed by atoms with Gasteiger partial charge >= 0.3 is 0 Å². The van der Waals surface area contributed by atoms with E-state index in [1.807, 2.05) is 62.5 Å². The van der Waals surface area contributed by atoms with Gasteiger partial charge < -0.3 is 9.64 Å². The molecule has 22 heavy (non-hydrogen) atoms. The molecular formula is C18H20BrNO2. The van der Waals surface area contributed by atoms with Gasteiger partial charge in [0.2, 0.25) is 5.91 Å². The smallest absolute Gasteiger partial charge is 0.227 e. The van der Waals surface area contributed by atoms with Crippen molar-refractivity contribution in [3.8, 4) is 5.75 Å². The Bertz CT molecular complexity index is 608. The number of likely N-dealkylation sites (N-methyl/N-ethyl adjacent to an activating group) is 1. The van der Waals surface area contributed by atoms with Crippen molar-refractivity contribution in [1.82, 2.24) is 4.90 Å². The molecule has 0 bridgehead atoms. The molecule has 0 unspecified atom stereocenters. The number of benzene rings is 2. The topological polar surface area (TPSA) is 29.5 Å². The zero-order valence-corrected chi connectivity index (χ0v) is 14.5. The zero-order chi connectivity index (χ0) is 15.9. The van der Waals surface area contributed by atoms with E-state index in [-0.39, 0.29) is 5.91 Å². The number of nitrogens with zero attached hydrogens (tertiary/aromatic N) is 1. The molecule has 3 nitrogen and oxygen atoms in total. The fourth-order valence-corrected chi connectivity index (χ4v) is 2.40. The fourth-order valence-electron chi connectivity index (χ4n) is 2.13. The molecule has 0 saturated heterocycles. The molecule has 0 fully saturated rings. The van der Waals surface area contributed by atoms with Crippen molar-refractivity contribution in [3.63, 3.8) is 0 Å². The van der Waals surface area contributed by atoms with Crippen LogP contribution in [0.2, 0.25) is 0 Å². The van der Waals surface area contributed by atoms with Gasteiger partial charge in [0.1, 0.15) is 5.75 Å². The maximum Gasteiger partial charge on any atom is 0.227 e. The van der Waals surface area contributed by atoms with Crippen molar-refractivity contribution in [2.75, 3.05) is 13.7 Å². The summed E-state index contributed by atoms with van der Waals surface area (Å²) in [5.41, 5.74) is 2.11. The van der Waals surface area contributed by atoms with E-state index in [0.717, 1.165) is 21.3 Å². The number of ether oxygens (including phenoxy) is 1. The monoisotopic (exact) mass is 361 g/mol. The quantitative estimate of drug-likeness (QED) is 0.776. The van der Waals surface area contributed by atoms with Crippen LogP contribution >= 0.6 is 15.9 Å². The average Bonchev–Trinajstić information content (AvgIpc) is 2.51.